The predicted octanol–water partition coefficient (Wildman–Crippen LogP) is 3.84. The fraction of sp³-hybridized carbons (Fsp3) is 0.632. The molecule has 0 aliphatic heterocycles. The van der Waals surface area contributed by atoms with E-state index in [1.165, 1.54) is 6.33 Å². The van der Waals surface area contributed by atoms with Gasteiger partial charge >= 0.3 is 6.09 Å². The number of aromatic nitrogens is 3. The smallest absolute Gasteiger partial charge is 0.405 e. The molecular weight excluding hydrogens is 384 g/mol. The number of ether oxygens (including phenoxy) is 2. The lowest BCUT2D eigenvalue weighted by atomic mass is 9.91. The quantitative estimate of drug-likeness (QED) is 0.533. The number of hydrogen-bond donors (Lipinski definition) is 2. The predicted molar refractivity (Wildman–Crippen MR) is 103 cm³/mol. The number of carboxylic acid groups (broad SMARTS) is 1. The second kappa shape index (κ2) is 7.17. The van der Waals surface area contributed by atoms with Crippen LogP contribution in [0.2, 0.25) is 5.15 Å². The lowest BCUT2D eigenvalue weighted by molar-refractivity contribution is -0.145. The van der Waals surface area contributed by atoms with E-state index in [1.54, 1.807) is 0 Å². The molecule has 1 amide bonds. The summed E-state index contributed by atoms with van der Waals surface area (Å²) in [6.45, 7) is 4.86. The van der Waals surface area contributed by atoms with Crippen LogP contribution >= 0.6 is 11.6 Å². The van der Waals surface area contributed by atoms with Crippen LogP contribution in [0.5, 0.6) is 0 Å². The van der Waals surface area contributed by atoms with Crippen LogP contribution in [0, 0.1) is 0 Å². The van der Waals surface area contributed by atoms with Crippen molar-refractivity contribution in [3.63, 3.8) is 0 Å². The Hall–Kier alpha value is -1.90. The van der Waals surface area contributed by atoms with Crippen LogP contribution in [-0.4, -0.2) is 44.5 Å². The van der Waals surface area contributed by atoms with Crippen molar-refractivity contribution in [2.24, 2.45) is 0 Å². The molecule has 2 bridgehead atoms. The Morgan fingerprint density at radius 1 is 1.29 bits per heavy atom. The maximum atomic E-state index is 11.3. The summed E-state index contributed by atoms with van der Waals surface area (Å²) in [6.07, 6.45) is 3.98. The van der Waals surface area contributed by atoms with E-state index in [0.29, 0.717) is 18.4 Å². The van der Waals surface area contributed by atoms with Gasteiger partial charge < -0.3 is 24.5 Å². The molecule has 2 heterocycles. The zero-order chi connectivity index (χ0) is 19.9. The van der Waals surface area contributed by atoms with Gasteiger partial charge in [-0.25, -0.2) is 14.8 Å². The lowest BCUT2D eigenvalue weighted by Gasteiger charge is -2.33. The number of fused-ring (bicyclic) bond motifs is 3. The molecule has 0 unspecified atom stereocenters. The van der Waals surface area contributed by atoms with Crippen LogP contribution in [0.15, 0.2) is 12.4 Å². The van der Waals surface area contributed by atoms with Gasteiger partial charge in [-0.2, -0.15) is 0 Å². The molecule has 0 atom stereocenters. The van der Waals surface area contributed by atoms with Gasteiger partial charge in [0.2, 0.25) is 0 Å². The highest BCUT2D eigenvalue weighted by Gasteiger charge is 2.57. The summed E-state index contributed by atoms with van der Waals surface area (Å²) in [6, 6.07) is 1.95. The summed E-state index contributed by atoms with van der Waals surface area (Å²) in [7, 11) is 0. The van der Waals surface area contributed by atoms with Gasteiger partial charge in [-0.1, -0.05) is 11.6 Å². The van der Waals surface area contributed by atoms with E-state index in [-0.39, 0.29) is 11.1 Å². The third-order valence-corrected chi connectivity index (χ3v) is 6.41. The van der Waals surface area contributed by atoms with Crippen LogP contribution in [0.25, 0.3) is 11.0 Å². The summed E-state index contributed by atoms with van der Waals surface area (Å²) in [5.74, 6) is 0. The first-order valence-electron chi connectivity index (χ1n) is 9.70. The van der Waals surface area contributed by atoms with Crippen molar-refractivity contribution in [2.75, 3.05) is 13.2 Å². The Morgan fingerprint density at radius 3 is 2.57 bits per heavy atom. The minimum Gasteiger partial charge on any atom is -0.465 e. The third-order valence-electron chi connectivity index (χ3n) is 6.11. The van der Waals surface area contributed by atoms with Gasteiger partial charge in [-0.15, -0.1) is 0 Å². The van der Waals surface area contributed by atoms with Crippen LogP contribution in [0.1, 0.15) is 57.9 Å². The average Bonchev–Trinajstić information content (AvgIpc) is 3.31. The van der Waals surface area contributed by atoms with E-state index in [4.69, 9.17) is 21.1 Å². The van der Waals surface area contributed by atoms with Gasteiger partial charge in [0.15, 0.2) is 6.29 Å². The number of halogens is 1. The fourth-order valence-electron chi connectivity index (χ4n) is 5.07. The maximum Gasteiger partial charge on any atom is 0.405 e. The number of rotatable bonds is 7. The highest BCUT2D eigenvalue weighted by atomic mass is 35.5. The molecule has 28 heavy (non-hydrogen) atoms. The molecule has 2 saturated carbocycles. The number of carbonyl (C=O) groups is 1. The highest BCUT2D eigenvalue weighted by Crippen LogP contribution is 2.56. The van der Waals surface area contributed by atoms with Crippen molar-refractivity contribution in [1.82, 2.24) is 19.9 Å². The van der Waals surface area contributed by atoms with Gasteiger partial charge in [0.1, 0.15) is 17.1 Å². The van der Waals surface area contributed by atoms with Gasteiger partial charge in [0.05, 0.1) is 11.1 Å². The van der Waals surface area contributed by atoms with Crippen molar-refractivity contribution in [3.8, 4) is 0 Å². The molecule has 2 aromatic heterocycles. The lowest BCUT2D eigenvalue weighted by Crippen LogP contribution is -2.44. The largest absolute Gasteiger partial charge is 0.465 e. The van der Waals surface area contributed by atoms with Crippen molar-refractivity contribution >= 4 is 28.7 Å². The molecule has 2 aliphatic carbocycles. The first kappa shape index (κ1) is 19.4. The van der Waals surface area contributed by atoms with E-state index in [1.807, 2.05) is 19.9 Å². The van der Waals surface area contributed by atoms with Crippen molar-refractivity contribution < 1.29 is 19.4 Å². The molecule has 8 nitrogen and oxygen atoms in total. The normalized spacial score (nSPS) is 26.4. The zero-order valence-electron chi connectivity index (χ0n) is 16.1. The molecule has 4 rings (SSSR count). The van der Waals surface area contributed by atoms with Crippen LogP contribution in [0.3, 0.4) is 0 Å². The van der Waals surface area contributed by atoms with E-state index in [2.05, 4.69) is 19.9 Å². The standard InChI is InChI=1S/C19H25ClN4O4/c1-3-27-16(28-4-2)13-9-12-14(20)21-11-22-15(12)24(13)19-7-5-18(10-19,6-8-19)23-17(25)26/h9,11,16,23H,3-8,10H2,1-2H3,(H,25,26). The molecule has 0 aromatic carbocycles. The molecule has 0 saturated heterocycles. The molecule has 0 spiro atoms. The molecule has 2 aliphatic rings. The Kier molecular flexibility index (Phi) is 4.97. The Bertz CT molecular complexity index is 885. The Labute approximate surface area is 168 Å². The van der Waals surface area contributed by atoms with Crippen LogP contribution in [-0.2, 0) is 15.0 Å². The SMILES string of the molecule is CCOC(OCC)c1cc2c(Cl)ncnc2n1C12CCC(NC(=O)O)(CC1)C2. The summed E-state index contributed by atoms with van der Waals surface area (Å²) in [5.41, 5.74) is 0.967. The summed E-state index contributed by atoms with van der Waals surface area (Å²) in [4.78, 5) is 20.0. The van der Waals surface area contributed by atoms with Crippen molar-refractivity contribution in [2.45, 2.75) is 63.3 Å². The van der Waals surface area contributed by atoms with Crippen molar-refractivity contribution in [3.05, 3.63) is 23.2 Å². The first-order chi connectivity index (χ1) is 13.4. The maximum absolute atomic E-state index is 11.3. The average molecular weight is 409 g/mol. The molecule has 2 N–H and O–H groups in total. The Balaban J connectivity index is 1.85. The van der Waals surface area contributed by atoms with Gasteiger partial charge in [0.25, 0.3) is 0 Å². The fourth-order valence-corrected chi connectivity index (χ4v) is 5.25. The minimum atomic E-state index is -0.970. The first-order valence-corrected chi connectivity index (χ1v) is 10.1. The molecule has 2 aromatic rings. The second-order valence-corrected chi connectivity index (χ2v) is 8.02. The number of hydrogen-bond acceptors (Lipinski definition) is 5. The van der Waals surface area contributed by atoms with E-state index < -0.39 is 12.4 Å². The van der Waals surface area contributed by atoms with Gasteiger partial charge in [-0.3, -0.25) is 0 Å². The minimum absolute atomic E-state index is 0.246. The highest BCUT2D eigenvalue weighted by molar-refractivity contribution is 6.34. The van der Waals surface area contributed by atoms with Crippen LogP contribution < -0.4 is 5.32 Å². The number of amides is 1. The number of nitrogens with zero attached hydrogens (tertiary/aromatic N) is 3. The van der Waals surface area contributed by atoms with Gasteiger partial charge in [-0.05, 0) is 52.0 Å². The molecule has 2 fully saturated rings. The second-order valence-electron chi connectivity index (χ2n) is 7.66. The van der Waals surface area contributed by atoms with E-state index in [9.17, 15) is 9.90 Å². The Morgan fingerprint density at radius 2 is 1.96 bits per heavy atom. The summed E-state index contributed by atoms with van der Waals surface area (Å²) >= 11 is 6.37. The van der Waals surface area contributed by atoms with Crippen molar-refractivity contribution in [1.29, 1.82) is 0 Å². The van der Waals surface area contributed by atoms with E-state index in [0.717, 1.165) is 48.8 Å². The molecular formula is C19H25ClN4O4. The monoisotopic (exact) mass is 408 g/mol. The number of nitrogens with one attached hydrogen (secondary N) is 1. The third kappa shape index (κ3) is 3.03. The zero-order valence-corrected chi connectivity index (χ0v) is 16.8. The van der Waals surface area contributed by atoms with Crippen LogP contribution in [0.4, 0.5) is 4.79 Å². The summed E-state index contributed by atoms with van der Waals surface area (Å²) in [5, 5.41) is 13.2. The van der Waals surface area contributed by atoms with E-state index >= 15 is 0 Å². The van der Waals surface area contributed by atoms with Gasteiger partial charge in [0, 0.05) is 24.3 Å². The molecule has 152 valence electrons. The summed E-state index contributed by atoms with van der Waals surface area (Å²) < 4.78 is 14.0. The topological polar surface area (TPSA) is 98.5 Å². The molecule has 9 heteroatoms. The molecule has 0 radical (unpaired) electrons.